The number of carbonyl (C=O) groups is 1. The monoisotopic (exact) mass is 422 g/mol. The van der Waals surface area contributed by atoms with E-state index in [2.05, 4.69) is 5.32 Å². The summed E-state index contributed by atoms with van der Waals surface area (Å²) >= 11 is 0. The molecule has 0 aliphatic carbocycles. The van der Waals surface area contributed by atoms with Crippen LogP contribution < -0.4 is 24.4 Å². The van der Waals surface area contributed by atoms with Gasteiger partial charge < -0.3 is 19.5 Å². The lowest BCUT2D eigenvalue weighted by molar-refractivity contribution is 0.243. The maximum absolute atomic E-state index is 12.2. The number of hydrogen-bond acceptors (Lipinski definition) is 6. The molecule has 1 aliphatic heterocycles. The van der Waals surface area contributed by atoms with Crippen molar-refractivity contribution < 1.29 is 32.0 Å². The molecule has 10 heteroatoms. The molecule has 0 aromatic heterocycles. The van der Waals surface area contributed by atoms with Crippen LogP contribution in [0.2, 0.25) is 0 Å². The lowest BCUT2D eigenvalue weighted by atomic mass is 10.0. The van der Waals surface area contributed by atoms with Crippen LogP contribution in [-0.2, 0) is 10.1 Å². The van der Waals surface area contributed by atoms with Gasteiger partial charge in [-0.15, -0.1) is 0 Å². The van der Waals surface area contributed by atoms with Crippen LogP contribution in [0.15, 0.2) is 35.2 Å². The summed E-state index contributed by atoms with van der Waals surface area (Å²) < 4.78 is 49.7. The van der Waals surface area contributed by atoms with Crippen molar-refractivity contribution in [2.75, 3.05) is 39.3 Å². The second kappa shape index (κ2) is 8.18. The first-order valence-corrected chi connectivity index (χ1v) is 10.2. The second-order valence-electron chi connectivity index (χ2n) is 6.31. The average molecular weight is 422 g/mol. The molecule has 1 heterocycles. The van der Waals surface area contributed by atoms with E-state index in [4.69, 9.17) is 14.2 Å². The molecule has 156 valence electrons. The number of hydrogen-bond donors (Lipinski definition) is 2. The van der Waals surface area contributed by atoms with Gasteiger partial charge in [0.05, 0.1) is 21.3 Å². The molecule has 1 saturated heterocycles. The molecule has 0 atom stereocenters. The lowest BCUT2D eigenvalue weighted by Crippen LogP contribution is -2.46. The van der Waals surface area contributed by atoms with E-state index in [0.29, 0.717) is 41.6 Å². The van der Waals surface area contributed by atoms with Gasteiger partial charge in [0.15, 0.2) is 11.5 Å². The Morgan fingerprint density at radius 1 is 1.03 bits per heavy atom. The summed E-state index contributed by atoms with van der Waals surface area (Å²) in [5.74, 6) is 0.993. The predicted octanol–water partition coefficient (Wildman–Crippen LogP) is 2.55. The number of urea groups is 1. The second-order valence-corrected chi connectivity index (χ2v) is 7.70. The molecule has 1 aliphatic rings. The molecular formula is C19H22N2O7S. The van der Waals surface area contributed by atoms with Crippen molar-refractivity contribution in [3.05, 3.63) is 30.3 Å². The van der Waals surface area contributed by atoms with E-state index in [0.717, 1.165) is 6.42 Å². The van der Waals surface area contributed by atoms with Gasteiger partial charge in [-0.3, -0.25) is 9.45 Å². The lowest BCUT2D eigenvalue weighted by Gasteiger charge is -2.28. The van der Waals surface area contributed by atoms with E-state index in [1.165, 1.54) is 44.4 Å². The normalized spacial score (nSPS) is 14.3. The average Bonchev–Trinajstić information content (AvgIpc) is 2.71. The number of ether oxygens (including phenoxy) is 3. The molecule has 0 radical (unpaired) electrons. The highest BCUT2D eigenvalue weighted by atomic mass is 32.2. The Balaban J connectivity index is 2.23. The molecule has 2 aromatic carbocycles. The Morgan fingerprint density at radius 2 is 1.69 bits per heavy atom. The molecule has 1 fully saturated rings. The van der Waals surface area contributed by atoms with E-state index in [9.17, 15) is 17.8 Å². The third kappa shape index (κ3) is 4.08. The van der Waals surface area contributed by atoms with Crippen LogP contribution in [0.4, 0.5) is 10.5 Å². The van der Waals surface area contributed by atoms with Crippen molar-refractivity contribution in [3.63, 3.8) is 0 Å². The maximum atomic E-state index is 12.2. The van der Waals surface area contributed by atoms with Gasteiger partial charge >= 0.3 is 6.03 Å². The molecule has 0 unspecified atom stereocenters. The fourth-order valence-corrected chi connectivity index (χ4v) is 3.94. The van der Waals surface area contributed by atoms with Gasteiger partial charge in [-0.05, 0) is 42.3 Å². The first-order chi connectivity index (χ1) is 13.8. The Morgan fingerprint density at radius 3 is 2.21 bits per heavy atom. The third-order valence-electron chi connectivity index (χ3n) is 4.61. The third-order valence-corrected chi connectivity index (χ3v) is 5.52. The Kier molecular flexibility index (Phi) is 5.85. The standard InChI is InChI=1S/C19H22N2O7S/c1-26-15-9-12(10-16(27-2)18(15)28-3)14-11-13(5-6-17(14)29(23,24)25)21-8-4-7-20-19(21)22/h5-6,9-11H,4,7-8H2,1-3H3,(H,20,22)(H,23,24,25). The minimum absolute atomic E-state index is 0.197. The van der Waals surface area contributed by atoms with E-state index >= 15 is 0 Å². The van der Waals surface area contributed by atoms with Crippen LogP contribution in [0, 0.1) is 0 Å². The van der Waals surface area contributed by atoms with Gasteiger partial charge in [0.25, 0.3) is 10.1 Å². The van der Waals surface area contributed by atoms with Crippen molar-refractivity contribution in [3.8, 4) is 28.4 Å². The van der Waals surface area contributed by atoms with Crippen molar-refractivity contribution in [1.29, 1.82) is 0 Å². The summed E-state index contributed by atoms with van der Waals surface area (Å²) in [5, 5.41) is 2.75. The molecule has 0 saturated carbocycles. The van der Waals surface area contributed by atoms with Gasteiger partial charge in [-0.1, -0.05) is 0 Å². The Bertz CT molecular complexity index is 1010. The molecule has 0 bridgehead atoms. The minimum Gasteiger partial charge on any atom is -0.493 e. The van der Waals surface area contributed by atoms with Gasteiger partial charge in [-0.25, -0.2) is 4.79 Å². The largest absolute Gasteiger partial charge is 0.493 e. The first kappa shape index (κ1) is 20.7. The van der Waals surface area contributed by atoms with Gasteiger partial charge in [0.1, 0.15) is 4.90 Å². The SMILES string of the molecule is COc1cc(-c2cc(N3CCCNC3=O)ccc2S(=O)(=O)O)cc(OC)c1OC. The number of nitrogens with zero attached hydrogens (tertiary/aromatic N) is 1. The molecule has 29 heavy (non-hydrogen) atoms. The van der Waals surface area contributed by atoms with Gasteiger partial charge in [-0.2, -0.15) is 8.42 Å². The molecule has 2 N–H and O–H groups in total. The van der Waals surface area contributed by atoms with Crippen LogP contribution in [0.1, 0.15) is 6.42 Å². The highest BCUT2D eigenvalue weighted by molar-refractivity contribution is 7.86. The van der Waals surface area contributed by atoms with Crippen LogP contribution in [0.5, 0.6) is 17.2 Å². The van der Waals surface area contributed by atoms with Crippen molar-refractivity contribution in [1.82, 2.24) is 5.32 Å². The highest BCUT2D eigenvalue weighted by Crippen LogP contribution is 2.43. The summed E-state index contributed by atoms with van der Waals surface area (Å²) in [6.45, 7) is 1.07. The minimum atomic E-state index is -4.53. The van der Waals surface area contributed by atoms with Crippen molar-refractivity contribution >= 4 is 21.8 Å². The fraction of sp³-hybridized carbons (Fsp3) is 0.316. The quantitative estimate of drug-likeness (QED) is 0.688. The molecule has 2 aromatic rings. The molecule has 3 rings (SSSR count). The van der Waals surface area contributed by atoms with Gasteiger partial charge in [0, 0.05) is 24.3 Å². The molecular weight excluding hydrogens is 400 g/mol. The van der Waals surface area contributed by atoms with Crippen LogP contribution in [-0.4, -0.2) is 53.4 Å². The van der Waals surface area contributed by atoms with E-state index < -0.39 is 10.1 Å². The number of nitrogens with one attached hydrogen (secondary N) is 1. The number of anilines is 1. The predicted molar refractivity (Wildman–Crippen MR) is 107 cm³/mol. The topological polar surface area (TPSA) is 114 Å². The van der Waals surface area contributed by atoms with E-state index in [1.807, 2.05) is 0 Å². The number of rotatable bonds is 6. The summed E-state index contributed by atoms with van der Waals surface area (Å²) in [4.78, 5) is 13.4. The zero-order valence-corrected chi connectivity index (χ0v) is 17.1. The zero-order chi connectivity index (χ0) is 21.2. The van der Waals surface area contributed by atoms with E-state index in [1.54, 1.807) is 12.1 Å². The van der Waals surface area contributed by atoms with Crippen LogP contribution in [0.3, 0.4) is 0 Å². The fourth-order valence-electron chi connectivity index (χ4n) is 3.25. The van der Waals surface area contributed by atoms with E-state index in [-0.39, 0.29) is 16.5 Å². The molecule has 2 amide bonds. The smallest absolute Gasteiger partial charge is 0.321 e. The summed E-state index contributed by atoms with van der Waals surface area (Å²) in [7, 11) is -0.184. The summed E-state index contributed by atoms with van der Waals surface area (Å²) in [5.41, 5.74) is 1.10. The molecule has 9 nitrogen and oxygen atoms in total. The number of benzene rings is 2. The number of carbonyl (C=O) groups excluding carboxylic acids is 1. The van der Waals surface area contributed by atoms with Gasteiger partial charge in [0.2, 0.25) is 5.75 Å². The Hall–Kier alpha value is -2.98. The van der Waals surface area contributed by atoms with Crippen LogP contribution >= 0.6 is 0 Å². The zero-order valence-electron chi connectivity index (χ0n) is 16.3. The molecule has 0 spiro atoms. The number of methoxy groups -OCH3 is 3. The first-order valence-electron chi connectivity index (χ1n) is 8.77. The Labute approximate surface area is 168 Å². The summed E-state index contributed by atoms with van der Waals surface area (Å²) in [6, 6.07) is 7.17. The van der Waals surface area contributed by atoms with Crippen molar-refractivity contribution in [2.45, 2.75) is 11.3 Å². The highest BCUT2D eigenvalue weighted by Gasteiger charge is 2.24. The number of amides is 2. The van der Waals surface area contributed by atoms with Crippen LogP contribution in [0.25, 0.3) is 11.1 Å². The van der Waals surface area contributed by atoms with Crippen molar-refractivity contribution in [2.24, 2.45) is 0 Å². The maximum Gasteiger partial charge on any atom is 0.321 e. The summed E-state index contributed by atoms with van der Waals surface area (Å²) in [6.07, 6.45) is 0.755.